The van der Waals surface area contributed by atoms with Gasteiger partial charge in [0.1, 0.15) is 12.7 Å². The van der Waals surface area contributed by atoms with Gasteiger partial charge in [-0.1, -0.05) is 18.2 Å². The van der Waals surface area contributed by atoms with Gasteiger partial charge in [0, 0.05) is 25.8 Å². The number of alkyl halides is 3. The lowest BCUT2D eigenvalue weighted by molar-refractivity contribution is -0.141. The monoisotopic (exact) mass is 411 g/mol. The van der Waals surface area contributed by atoms with E-state index in [1.54, 1.807) is 12.1 Å². The molecule has 1 aromatic carbocycles. The summed E-state index contributed by atoms with van der Waals surface area (Å²) >= 11 is 0. The van der Waals surface area contributed by atoms with Crippen molar-refractivity contribution < 1.29 is 32.2 Å². The first kappa shape index (κ1) is 21.0. The molecule has 0 aliphatic carbocycles. The van der Waals surface area contributed by atoms with E-state index in [0.29, 0.717) is 31.8 Å². The first-order valence-corrected chi connectivity index (χ1v) is 8.90. The highest BCUT2D eigenvalue weighted by atomic mass is 19.4. The molecule has 0 bridgehead atoms. The van der Waals surface area contributed by atoms with E-state index in [1.807, 2.05) is 12.1 Å². The van der Waals surface area contributed by atoms with E-state index in [0.717, 1.165) is 17.8 Å². The van der Waals surface area contributed by atoms with Crippen LogP contribution in [0.2, 0.25) is 0 Å². The average molecular weight is 411 g/mol. The predicted octanol–water partition coefficient (Wildman–Crippen LogP) is 2.56. The number of hydrogen-bond donors (Lipinski definition) is 0. The summed E-state index contributed by atoms with van der Waals surface area (Å²) in [4.78, 5) is 21.1. The molecule has 1 aliphatic heterocycles. The zero-order valence-electron chi connectivity index (χ0n) is 15.7. The summed E-state index contributed by atoms with van der Waals surface area (Å²) in [7, 11) is 1.33. The minimum absolute atomic E-state index is 0.0104. The fourth-order valence-corrected chi connectivity index (χ4v) is 2.97. The maximum Gasteiger partial charge on any atom is 0.433 e. The Morgan fingerprint density at radius 2 is 2.10 bits per heavy atom. The van der Waals surface area contributed by atoms with Crippen molar-refractivity contribution >= 4 is 5.97 Å². The van der Waals surface area contributed by atoms with Gasteiger partial charge in [0.2, 0.25) is 0 Å². The van der Waals surface area contributed by atoms with Gasteiger partial charge in [-0.2, -0.15) is 18.2 Å². The zero-order chi connectivity index (χ0) is 20.9. The van der Waals surface area contributed by atoms with E-state index in [4.69, 9.17) is 14.2 Å². The van der Waals surface area contributed by atoms with E-state index in [-0.39, 0.29) is 18.7 Å². The highest BCUT2D eigenvalue weighted by molar-refractivity contribution is 5.90. The number of ether oxygens (including phenoxy) is 3. The molecule has 7 nitrogen and oxygen atoms in total. The topological polar surface area (TPSA) is 73.8 Å². The fourth-order valence-electron chi connectivity index (χ4n) is 2.97. The molecule has 3 rings (SSSR count). The van der Waals surface area contributed by atoms with Crippen molar-refractivity contribution in [2.75, 3.05) is 33.4 Å². The van der Waals surface area contributed by atoms with Gasteiger partial charge in [0.15, 0.2) is 5.69 Å². The van der Waals surface area contributed by atoms with Crippen LogP contribution in [0.4, 0.5) is 13.2 Å². The molecular formula is C19H20F3N3O4. The molecule has 1 aliphatic rings. The highest BCUT2D eigenvalue weighted by Gasteiger charge is 2.33. The third-order valence-corrected chi connectivity index (χ3v) is 4.36. The van der Waals surface area contributed by atoms with Crippen LogP contribution < -0.4 is 4.74 Å². The number of aromatic nitrogens is 2. The Bertz CT molecular complexity index is 847. The molecule has 1 atom stereocenters. The number of hydrogen-bond acceptors (Lipinski definition) is 7. The number of morpholine rings is 1. The van der Waals surface area contributed by atoms with Gasteiger partial charge in [0.05, 0.1) is 19.3 Å². The average Bonchev–Trinajstić information content (AvgIpc) is 2.72. The van der Waals surface area contributed by atoms with Crippen LogP contribution in [0, 0.1) is 0 Å². The molecule has 0 saturated carbocycles. The Kier molecular flexibility index (Phi) is 6.65. The third-order valence-electron chi connectivity index (χ3n) is 4.36. The lowest BCUT2D eigenvalue weighted by atomic mass is 10.1. The molecular weight excluding hydrogens is 391 g/mol. The number of esters is 1. The van der Waals surface area contributed by atoms with Crippen LogP contribution in [-0.4, -0.2) is 60.4 Å². The number of rotatable bonds is 6. The second-order valence-electron chi connectivity index (χ2n) is 6.41. The number of halogens is 3. The summed E-state index contributed by atoms with van der Waals surface area (Å²) in [6.07, 6.45) is -3.93. The van der Waals surface area contributed by atoms with Gasteiger partial charge >= 0.3 is 18.2 Å². The fraction of sp³-hybridized carbons (Fsp3) is 0.421. The van der Waals surface area contributed by atoms with Crippen LogP contribution in [0.15, 0.2) is 36.5 Å². The van der Waals surface area contributed by atoms with Gasteiger partial charge < -0.3 is 14.2 Å². The quantitative estimate of drug-likeness (QED) is 0.677. The Morgan fingerprint density at radius 1 is 1.31 bits per heavy atom. The lowest BCUT2D eigenvalue weighted by Gasteiger charge is -2.32. The van der Waals surface area contributed by atoms with Crippen LogP contribution in [0.1, 0.15) is 21.6 Å². The van der Waals surface area contributed by atoms with Crippen molar-refractivity contribution in [3.8, 4) is 6.01 Å². The molecule has 1 fully saturated rings. The van der Waals surface area contributed by atoms with Crippen molar-refractivity contribution in [2.24, 2.45) is 0 Å². The van der Waals surface area contributed by atoms with Gasteiger partial charge in [-0.05, 0) is 17.7 Å². The number of benzene rings is 1. The highest BCUT2D eigenvalue weighted by Crippen LogP contribution is 2.28. The molecule has 0 spiro atoms. The molecule has 2 heterocycles. The molecule has 2 aromatic rings. The number of carbonyl (C=O) groups excluding carboxylic acids is 1. The molecule has 1 unspecified atom stereocenters. The largest absolute Gasteiger partial charge is 0.465 e. The van der Waals surface area contributed by atoms with E-state index >= 15 is 0 Å². The lowest BCUT2D eigenvalue weighted by Crippen LogP contribution is -2.44. The van der Waals surface area contributed by atoms with Crippen molar-refractivity contribution in [1.82, 2.24) is 14.9 Å². The smallest absolute Gasteiger partial charge is 0.433 e. The summed E-state index contributed by atoms with van der Waals surface area (Å²) < 4.78 is 53.9. The Morgan fingerprint density at radius 3 is 2.86 bits per heavy atom. The number of methoxy groups -OCH3 is 1. The van der Waals surface area contributed by atoms with Gasteiger partial charge in [-0.25, -0.2) is 9.78 Å². The van der Waals surface area contributed by atoms with Crippen LogP contribution >= 0.6 is 0 Å². The third kappa shape index (κ3) is 5.64. The van der Waals surface area contributed by atoms with E-state index in [9.17, 15) is 18.0 Å². The maximum absolute atomic E-state index is 12.7. The first-order chi connectivity index (χ1) is 13.9. The molecule has 1 saturated heterocycles. The van der Waals surface area contributed by atoms with Crippen molar-refractivity contribution in [3.05, 3.63) is 53.3 Å². The summed E-state index contributed by atoms with van der Waals surface area (Å²) in [5.74, 6) is -0.407. The van der Waals surface area contributed by atoms with Crippen molar-refractivity contribution in [1.29, 1.82) is 0 Å². The standard InChI is InChI=1S/C19H20F3N3O4/c1-27-17(26)15-5-3-2-4-13(15)10-25-8-9-28-14(11-25)12-29-18-23-7-6-16(24-18)19(20,21)22/h2-7,14H,8-12H2,1H3. The Labute approximate surface area is 165 Å². The van der Waals surface area contributed by atoms with Gasteiger partial charge in [0.25, 0.3) is 0 Å². The molecule has 29 heavy (non-hydrogen) atoms. The Balaban J connectivity index is 1.59. The molecule has 10 heteroatoms. The maximum atomic E-state index is 12.7. The van der Waals surface area contributed by atoms with Crippen LogP contribution in [0.3, 0.4) is 0 Å². The van der Waals surface area contributed by atoms with E-state index in [1.165, 1.54) is 7.11 Å². The SMILES string of the molecule is COC(=O)c1ccccc1CN1CCOC(COc2nccc(C(F)(F)F)n2)C1. The normalized spacial score (nSPS) is 17.7. The molecule has 0 N–H and O–H groups in total. The first-order valence-electron chi connectivity index (χ1n) is 8.90. The van der Waals surface area contributed by atoms with Gasteiger partial charge in [-0.3, -0.25) is 4.90 Å². The number of carbonyl (C=O) groups is 1. The molecule has 1 aromatic heterocycles. The number of nitrogens with zero attached hydrogens (tertiary/aromatic N) is 3. The van der Waals surface area contributed by atoms with E-state index < -0.39 is 17.8 Å². The summed E-state index contributed by atoms with van der Waals surface area (Å²) in [5.41, 5.74) is 0.252. The zero-order valence-corrected chi connectivity index (χ0v) is 15.7. The van der Waals surface area contributed by atoms with Gasteiger partial charge in [-0.15, -0.1) is 0 Å². The Hall–Kier alpha value is -2.72. The molecule has 0 amide bonds. The molecule has 0 radical (unpaired) electrons. The second kappa shape index (κ2) is 9.19. The van der Waals surface area contributed by atoms with Crippen LogP contribution in [0.5, 0.6) is 6.01 Å². The van der Waals surface area contributed by atoms with Crippen molar-refractivity contribution in [3.63, 3.8) is 0 Å². The van der Waals surface area contributed by atoms with Crippen LogP contribution in [-0.2, 0) is 22.2 Å². The summed E-state index contributed by atoms with van der Waals surface area (Å²) in [6, 6.07) is 7.59. The summed E-state index contributed by atoms with van der Waals surface area (Å²) in [5, 5.41) is 0. The van der Waals surface area contributed by atoms with Crippen LogP contribution in [0.25, 0.3) is 0 Å². The van der Waals surface area contributed by atoms with E-state index in [2.05, 4.69) is 14.9 Å². The predicted molar refractivity (Wildman–Crippen MR) is 95.3 cm³/mol. The molecule has 156 valence electrons. The summed E-state index contributed by atoms with van der Waals surface area (Å²) in [6.45, 7) is 2.07. The second-order valence-corrected chi connectivity index (χ2v) is 6.41. The van der Waals surface area contributed by atoms with Crippen molar-refractivity contribution in [2.45, 2.75) is 18.8 Å². The minimum Gasteiger partial charge on any atom is -0.465 e. The minimum atomic E-state index is -4.56.